The molecule has 3 atom stereocenters. The quantitative estimate of drug-likeness (QED) is 0.468. The number of aromatic nitrogens is 3. The molecule has 2 saturated heterocycles. The Labute approximate surface area is 219 Å². The van der Waals surface area contributed by atoms with Gasteiger partial charge in [0.1, 0.15) is 5.02 Å². The SMILES string of the molecule is Cn1c(=O)c2c(c3cc(Nc4nc(N5C6CCC5CC(O)C6)ncc4Cl)ccc31)N[C@@H](C1CC1)CCO2. The Morgan fingerprint density at radius 2 is 1.95 bits per heavy atom. The molecule has 3 aromatic rings. The molecule has 0 spiro atoms. The number of hydrogen-bond acceptors (Lipinski definition) is 8. The second-order valence-electron chi connectivity index (χ2n) is 10.9. The van der Waals surface area contributed by atoms with Crippen molar-refractivity contribution < 1.29 is 9.84 Å². The minimum Gasteiger partial charge on any atom is -0.486 e. The highest BCUT2D eigenvalue weighted by atomic mass is 35.5. The number of halogens is 1. The third-order valence-corrected chi connectivity index (χ3v) is 8.76. The number of nitrogens with zero attached hydrogens (tertiary/aromatic N) is 4. The maximum Gasteiger partial charge on any atom is 0.295 e. The van der Waals surface area contributed by atoms with Gasteiger partial charge in [-0.15, -0.1) is 0 Å². The molecule has 5 heterocycles. The highest BCUT2D eigenvalue weighted by molar-refractivity contribution is 6.33. The molecule has 4 aliphatic rings. The van der Waals surface area contributed by atoms with Crippen LogP contribution in [0.25, 0.3) is 10.9 Å². The number of pyridine rings is 1. The molecule has 2 unspecified atom stereocenters. The van der Waals surface area contributed by atoms with Gasteiger partial charge in [0.25, 0.3) is 5.56 Å². The molecule has 1 aliphatic carbocycles. The van der Waals surface area contributed by atoms with Gasteiger partial charge in [0, 0.05) is 42.7 Å². The summed E-state index contributed by atoms with van der Waals surface area (Å²) < 4.78 is 7.63. The topological polar surface area (TPSA) is 105 Å². The van der Waals surface area contributed by atoms with E-state index in [1.54, 1.807) is 17.8 Å². The van der Waals surface area contributed by atoms with E-state index in [1.807, 2.05) is 18.2 Å². The zero-order valence-corrected chi connectivity index (χ0v) is 21.5. The van der Waals surface area contributed by atoms with Crippen LogP contribution in [0.5, 0.6) is 5.75 Å². The number of aliphatic hydroxyl groups excluding tert-OH is 1. The van der Waals surface area contributed by atoms with Gasteiger partial charge in [-0.3, -0.25) is 4.79 Å². The van der Waals surface area contributed by atoms with Crippen LogP contribution >= 0.6 is 11.6 Å². The van der Waals surface area contributed by atoms with E-state index in [0.29, 0.717) is 41.1 Å². The Balaban J connectivity index is 1.25. The van der Waals surface area contributed by atoms with Crippen LogP contribution in [-0.2, 0) is 7.05 Å². The van der Waals surface area contributed by atoms with Crippen LogP contribution in [0.3, 0.4) is 0 Å². The summed E-state index contributed by atoms with van der Waals surface area (Å²) in [5.74, 6) is 2.21. The van der Waals surface area contributed by atoms with Crippen LogP contribution in [0.15, 0.2) is 29.2 Å². The van der Waals surface area contributed by atoms with E-state index in [1.165, 1.54) is 12.8 Å². The molecule has 1 aromatic carbocycles. The lowest BCUT2D eigenvalue weighted by atomic mass is 10.0. The predicted molar refractivity (Wildman–Crippen MR) is 144 cm³/mol. The van der Waals surface area contributed by atoms with Crippen molar-refractivity contribution in [2.75, 3.05) is 22.1 Å². The van der Waals surface area contributed by atoms with Gasteiger partial charge in [-0.2, -0.15) is 4.98 Å². The Hall–Kier alpha value is -3.04. The van der Waals surface area contributed by atoms with Crippen LogP contribution in [0.2, 0.25) is 5.02 Å². The van der Waals surface area contributed by atoms with Crippen molar-refractivity contribution in [3.05, 3.63) is 39.8 Å². The van der Waals surface area contributed by atoms with Gasteiger partial charge in [0.15, 0.2) is 5.82 Å². The summed E-state index contributed by atoms with van der Waals surface area (Å²) in [7, 11) is 1.78. The van der Waals surface area contributed by atoms with Crippen LogP contribution in [0, 0.1) is 5.92 Å². The smallest absolute Gasteiger partial charge is 0.295 e. The van der Waals surface area contributed by atoms with E-state index in [2.05, 4.69) is 20.5 Å². The van der Waals surface area contributed by atoms with Crippen molar-refractivity contribution in [1.29, 1.82) is 0 Å². The van der Waals surface area contributed by atoms with E-state index in [0.717, 1.165) is 54.4 Å². The van der Waals surface area contributed by atoms with Crippen LogP contribution < -0.4 is 25.8 Å². The molecule has 10 heteroatoms. The molecule has 194 valence electrons. The highest BCUT2D eigenvalue weighted by Crippen LogP contribution is 2.42. The average Bonchev–Trinajstić information content (AvgIpc) is 3.71. The van der Waals surface area contributed by atoms with Gasteiger partial charge in [-0.05, 0) is 62.6 Å². The minimum absolute atomic E-state index is 0.128. The van der Waals surface area contributed by atoms with E-state index in [9.17, 15) is 9.90 Å². The lowest BCUT2D eigenvalue weighted by Crippen LogP contribution is -2.45. The fourth-order valence-electron chi connectivity index (χ4n) is 6.45. The number of anilines is 4. The summed E-state index contributed by atoms with van der Waals surface area (Å²) in [5.41, 5.74) is 2.29. The number of hydrogen-bond donors (Lipinski definition) is 3. The normalized spacial score (nSPS) is 26.8. The van der Waals surface area contributed by atoms with Crippen LogP contribution in [0.4, 0.5) is 23.1 Å². The van der Waals surface area contributed by atoms with E-state index >= 15 is 0 Å². The third kappa shape index (κ3) is 3.99. The van der Waals surface area contributed by atoms with Crippen molar-refractivity contribution in [3.63, 3.8) is 0 Å². The van der Waals surface area contributed by atoms with Gasteiger partial charge < -0.3 is 29.9 Å². The fourth-order valence-corrected chi connectivity index (χ4v) is 6.59. The summed E-state index contributed by atoms with van der Waals surface area (Å²) in [6, 6.07) is 6.73. The van der Waals surface area contributed by atoms with Crippen LogP contribution in [0.1, 0.15) is 44.9 Å². The molecular formula is C27H31ClN6O3. The van der Waals surface area contributed by atoms with Gasteiger partial charge in [-0.1, -0.05) is 11.6 Å². The first-order chi connectivity index (χ1) is 18.0. The van der Waals surface area contributed by atoms with Crippen molar-refractivity contribution in [2.45, 2.75) is 69.2 Å². The molecule has 0 radical (unpaired) electrons. The maximum absolute atomic E-state index is 13.1. The molecule has 0 amide bonds. The Bertz CT molecular complexity index is 1430. The van der Waals surface area contributed by atoms with Gasteiger partial charge >= 0.3 is 0 Å². The average molecular weight is 523 g/mol. The molecule has 7 rings (SSSR count). The maximum atomic E-state index is 13.1. The second kappa shape index (κ2) is 8.77. The molecule has 3 aliphatic heterocycles. The number of nitrogens with one attached hydrogen (secondary N) is 2. The Kier molecular flexibility index (Phi) is 5.48. The predicted octanol–water partition coefficient (Wildman–Crippen LogP) is 4.19. The Morgan fingerprint density at radius 1 is 1.16 bits per heavy atom. The lowest BCUT2D eigenvalue weighted by Gasteiger charge is -2.37. The minimum atomic E-state index is -0.251. The number of piperidine rings is 1. The van der Waals surface area contributed by atoms with Gasteiger partial charge in [-0.25, -0.2) is 4.98 Å². The summed E-state index contributed by atoms with van der Waals surface area (Å²) >= 11 is 6.53. The van der Waals surface area contributed by atoms with Crippen molar-refractivity contribution in [1.82, 2.24) is 14.5 Å². The summed E-state index contributed by atoms with van der Waals surface area (Å²) in [5, 5.41) is 18.6. The number of aryl methyl sites for hydroxylation is 1. The largest absolute Gasteiger partial charge is 0.486 e. The van der Waals surface area contributed by atoms with E-state index < -0.39 is 0 Å². The number of aliphatic hydroxyl groups is 1. The number of ether oxygens (including phenoxy) is 1. The summed E-state index contributed by atoms with van der Waals surface area (Å²) in [4.78, 5) is 24.7. The zero-order chi connectivity index (χ0) is 25.3. The number of rotatable bonds is 4. The first-order valence-electron chi connectivity index (χ1n) is 13.3. The summed E-state index contributed by atoms with van der Waals surface area (Å²) in [6.45, 7) is 0.536. The first-order valence-corrected chi connectivity index (χ1v) is 13.7. The third-order valence-electron chi connectivity index (χ3n) is 8.48. The number of fused-ring (bicyclic) bond motifs is 5. The first kappa shape index (κ1) is 23.1. The second-order valence-corrected chi connectivity index (χ2v) is 11.3. The molecule has 3 N–H and O–H groups in total. The summed E-state index contributed by atoms with van der Waals surface area (Å²) in [6.07, 6.45) is 8.29. The highest BCUT2D eigenvalue weighted by Gasteiger charge is 2.41. The fraction of sp³-hybridized carbons (Fsp3) is 0.519. The molecule has 2 aromatic heterocycles. The number of benzene rings is 1. The van der Waals surface area contributed by atoms with E-state index in [-0.39, 0.29) is 23.7 Å². The molecule has 3 fully saturated rings. The van der Waals surface area contributed by atoms with Crippen molar-refractivity contribution >= 4 is 45.6 Å². The molecule has 2 bridgehead atoms. The van der Waals surface area contributed by atoms with Gasteiger partial charge in [0.05, 0.1) is 30.1 Å². The Morgan fingerprint density at radius 3 is 2.70 bits per heavy atom. The molecule has 37 heavy (non-hydrogen) atoms. The molecule has 9 nitrogen and oxygen atoms in total. The standard InChI is InChI=1S/C27H31ClN6O3/c1-33-22-7-4-15(10-19(22)23-24(26(33)36)37-9-8-21(31-23)14-2-3-14)30-25-20(28)13-29-27(32-25)34-16-5-6-17(34)12-18(35)11-16/h4,7,10,13-14,16-18,21,31,35H,2-3,5-6,8-9,11-12H2,1H3,(H,29,30,32)/t16?,17?,18?,21-/m1/s1. The monoisotopic (exact) mass is 522 g/mol. The molecule has 1 saturated carbocycles. The zero-order valence-electron chi connectivity index (χ0n) is 20.8. The van der Waals surface area contributed by atoms with E-state index in [4.69, 9.17) is 21.3 Å². The van der Waals surface area contributed by atoms with Gasteiger partial charge in [0.2, 0.25) is 11.7 Å². The lowest BCUT2D eigenvalue weighted by molar-refractivity contribution is 0.125. The van der Waals surface area contributed by atoms with Crippen molar-refractivity contribution in [3.8, 4) is 5.75 Å². The molecular weight excluding hydrogens is 492 g/mol. The van der Waals surface area contributed by atoms with Crippen LogP contribution in [-0.4, -0.2) is 50.5 Å². The van der Waals surface area contributed by atoms with Crippen molar-refractivity contribution in [2.24, 2.45) is 13.0 Å².